The van der Waals surface area contributed by atoms with Crippen molar-refractivity contribution >= 4 is 21.4 Å². The molecule has 0 atom stereocenters. The van der Waals surface area contributed by atoms with Crippen molar-refractivity contribution in [1.82, 2.24) is 0 Å². The Morgan fingerprint density at radius 1 is 1.10 bits per heavy atom. The molecule has 0 fully saturated rings. The van der Waals surface area contributed by atoms with Gasteiger partial charge in [-0.1, -0.05) is 12.1 Å². The maximum absolute atomic E-state index is 11.2. The first kappa shape index (κ1) is 15.1. The van der Waals surface area contributed by atoms with Crippen LogP contribution in [-0.2, 0) is 16.4 Å². The number of phenolic OH excluding ortho intramolecular Hbond substituents is 1. The summed E-state index contributed by atoms with van der Waals surface area (Å²) in [7, 11) is -3.79. The highest BCUT2D eigenvalue weighted by Gasteiger charge is 2.11. The first-order chi connectivity index (χ1) is 9.86. The van der Waals surface area contributed by atoms with E-state index in [9.17, 15) is 13.5 Å². The lowest BCUT2D eigenvalue weighted by Crippen LogP contribution is -2.14. The summed E-state index contributed by atoms with van der Waals surface area (Å²) in [5, 5.41) is 17.4. The maximum Gasteiger partial charge on any atom is 0.240 e. The fraction of sp³-hybridized carbons (Fsp3) is 0.143. The van der Waals surface area contributed by atoms with E-state index in [1.54, 1.807) is 18.2 Å². The van der Waals surface area contributed by atoms with Crippen LogP contribution in [0.1, 0.15) is 5.56 Å². The third-order valence-electron chi connectivity index (χ3n) is 3.00. The van der Waals surface area contributed by atoms with Crippen LogP contribution in [0.5, 0.6) is 5.75 Å². The Morgan fingerprint density at radius 2 is 1.76 bits per heavy atom. The Hall–Kier alpha value is -2.25. The van der Waals surface area contributed by atoms with Crippen molar-refractivity contribution in [1.29, 1.82) is 0 Å². The van der Waals surface area contributed by atoms with Crippen LogP contribution in [0.3, 0.4) is 0 Å². The minimum atomic E-state index is -3.79. The van der Waals surface area contributed by atoms with Gasteiger partial charge in [-0.2, -0.15) is 0 Å². The predicted molar refractivity (Wildman–Crippen MR) is 82.5 cm³/mol. The van der Waals surface area contributed by atoms with Gasteiger partial charge >= 0.3 is 0 Å². The molecule has 0 saturated heterocycles. The Balaban J connectivity index is 1.98. The van der Waals surface area contributed by atoms with Crippen molar-refractivity contribution in [2.45, 2.75) is 11.3 Å². The molecule has 0 aliphatic heterocycles. The number of hydrogen-bond donors (Lipinski definition) is 4. The zero-order valence-electron chi connectivity index (χ0n) is 11.3. The number of nitrogen functional groups attached to an aromatic ring is 1. The number of sulfonamides is 1. The van der Waals surface area contributed by atoms with E-state index >= 15 is 0 Å². The van der Waals surface area contributed by atoms with E-state index in [1.807, 2.05) is 12.1 Å². The second-order valence-corrected chi connectivity index (χ2v) is 6.17. The molecule has 0 heterocycles. The van der Waals surface area contributed by atoms with Gasteiger partial charge in [0.2, 0.25) is 10.0 Å². The van der Waals surface area contributed by atoms with Crippen LogP contribution in [0, 0.1) is 0 Å². The van der Waals surface area contributed by atoms with Crippen LogP contribution in [0.2, 0.25) is 0 Å². The standard InChI is InChI=1S/C14H17N3O3S/c15-13-9-11(3-6-14(13)21(16,19)20)17-8-7-10-1-4-12(18)5-2-10/h1-6,9,17-18H,7-8,15H2,(H2,16,19,20). The van der Waals surface area contributed by atoms with Crippen molar-refractivity contribution in [3.8, 4) is 5.75 Å². The molecule has 2 aromatic rings. The quantitative estimate of drug-likeness (QED) is 0.620. The van der Waals surface area contributed by atoms with Gasteiger partial charge in [0.05, 0.1) is 5.69 Å². The number of rotatable bonds is 5. The second kappa shape index (κ2) is 6.02. The van der Waals surface area contributed by atoms with Crippen LogP contribution >= 0.6 is 0 Å². The lowest BCUT2D eigenvalue weighted by atomic mass is 10.1. The number of nitrogens with two attached hydrogens (primary N) is 2. The Morgan fingerprint density at radius 3 is 2.33 bits per heavy atom. The van der Waals surface area contributed by atoms with E-state index in [4.69, 9.17) is 10.9 Å². The topological polar surface area (TPSA) is 118 Å². The van der Waals surface area contributed by atoms with E-state index < -0.39 is 10.0 Å². The van der Waals surface area contributed by atoms with Crippen LogP contribution < -0.4 is 16.2 Å². The molecular formula is C14H17N3O3S. The highest BCUT2D eigenvalue weighted by atomic mass is 32.2. The van der Waals surface area contributed by atoms with Gasteiger partial charge in [-0.05, 0) is 42.3 Å². The summed E-state index contributed by atoms with van der Waals surface area (Å²) < 4.78 is 22.5. The van der Waals surface area contributed by atoms with Gasteiger partial charge in [0.15, 0.2) is 0 Å². The first-order valence-corrected chi connectivity index (χ1v) is 7.85. The van der Waals surface area contributed by atoms with Crippen molar-refractivity contribution in [2.75, 3.05) is 17.6 Å². The molecular weight excluding hydrogens is 290 g/mol. The Labute approximate surface area is 123 Å². The minimum Gasteiger partial charge on any atom is -0.508 e. The minimum absolute atomic E-state index is 0.0772. The molecule has 6 nitrogen and oxygen atoms in total. The lowest BCUT2D eigenvalue weighted by molar-refractivity contribution is 0.475. The number of primary sulfonamides is 1. The van der Waals surface area contributed by atoms with Crippen LogP contribution in [0.4, 0.5) is 11.4 Å². The van der Waals surface area contributed by atoms with E-state index in [2.05, 4.69) is 5.32 Å². The SMILES string of the molecule is Nc1cc(NCCc2ccc(O)cc2)ccc1S(N)(=O)=O. The van der Waals surface area contributed by atoms with Crippen molar-refractivity contribution in [3.05, 3.63) is 48.0 Å². The van der Waals surface area contributed by atoms with Gasteiger partial charge in [0.1, 0.15) is 10.6 Å². The van der Waals surface area contributed by atoms with E-state index in [0.29, 0.717) is 6.54 Å². The molecule has 0 radical (unpaired) electrons. The van der Waals surface area contributed by atoms with E-state index in [-0.39, 0.29) is 16.3 Å². The van der Waals surface area contributed by atoms with Crippen LogP contribution in [0.15, 0.2) is 47.4 Å². The smallest absolute Gasteiger partial charge is 0.240 e. The molecule has 112 valence electrons. The third-order valence-corrected chi connectivity index (χ3v) is 3.98. The molecule has 0 saturated carbocycles. The molecule has 0 bridgehead atoms. The van der Waals surface area contributed by atoms with Gasteiger partial charge in [0, 0.05) is 12.2 Å². The number of anilines is 2. The van der Waals surface area contributed by atoms with E-state index in [1.165, 1.54) is 12.1 Å². The summed E-state index contributed by atoms with van der Waals surface area (Å²) in [6.45, 7) is 0.652. The summed E-state index contributed by atoms with van der Waals surface area (Å²) >= 11 is 0. The highest BCUT2D eigenvalue weighted by Crippen LogP contribution is 2.21. The van der Waals surface area contributed by atoms with Crippen molar-refractivity contribution in [3.63, 3.8) is 0 Å². The number of hydrogen-bond acceptors (Lipinski definition) is 5. The van der Waals surface area contributed by atoms with Crippen LogP contribution in [-0.4, -0.2) is 20.1 Å². The van der Waals surface area contributed by atoms with Gasteiger partial charge in [-0.3, -0.25) is 0 Å². The number of nitrogens with one attached hydrogen (secondary N) is 1. The maximum atomic E-state index is 11.2. The summed E-state index contributed by atoms with van der Waals surface area (Å²) in [5.41, 5.74) is 7.60. The number of benzene rings is 2. The zero-order chi connectivity index (χ0) is 15.5. The average molecular weight is 307 g/mol. The predicted octanol–water partition coefficient (Wildman–Crippen LogP) is 1.28. The van der Waals surface area contributed by atoms with E-state index in [0.717, 1.165) is 17.7 Å². The fourth-order valence-electron chi connectivity index (χ4n) is 1.93. The van der Waals surface area contributed by atoms with Gasteiger partial charge < -0.3 is 16.2 Å². The van der Waals surface area contributed by atoms with Crippen molar-refractivity contribution < 1.29 is 13.5 Å². The highest BCUT2D eigenvalue weighted by molar-refractivity contribution is 7.89. The van der Waals surface area contributed by atoms with Gasteiger partial charge in [-0.15, -0.1) is 0 Å². The molecule has 0 aliphatic carbocycles. The molecule has 2 rings (SSSR count). The molecule has 0 spiro atoms. The second-order valence-electron chi connectivity index (χ2n) is 4.64. The summed E-state index contributed by atoms with van der Waals surface area (Å²) in [6, 6.07) is 11.5. The average Bonchev–Trinajstić information content (AvgIpc) is 2.40. The molecule has 7 heteroatoms. The molecule has 21 heavy (non-hydrogen) atoms. The van der Waals surface area contributed by atoms with Gasteiger partial charge in [0.25, 0.3) is 0 Å². The van der Waals surface area contributed by atoms with Crippen LogP contribution in [0.25, 0.3) is 0 Å². The molecule has 0 aliphatic rings. The molecule has 0 amide bonds. The first-order valence-electron chi connectivity index (χ1n) is 6.30. The molecule has 2 aromatic carbocycles. The number of aromatic hydroxyl groups is 1. The third kappa shape index (κ3) is 4.11. The lowest BCUT2D eigenvalue weighted by Gasteiger charge is -2.09. The molecule has 0 aromatic heterocycles. The van der Waals surface area contributed by atoms with Crippen molar-refractivity contribution in [2.24, 2.45) is 5.14 Å². The summed E-state index contributed by atoms with van der Waals surface area (Å²) in [5.74, 6) is 0.234. The summed E-state index contributed by atoms with van der Waals surface area (Å²) in [4.78, 5) is -0.0772. The Bertz CT molecular complexity index is 728. The normalized spacial score (nSPS) is 11.3. The Kier molecular flexibility index (Phi) is 4.35. The largest absolute Gasteiger partial charge is 0.508 e. The zero-order valence-corrected chi connectivity index (χ0v) is 12.1. The molecule has 0 unspecified atom stereocenters. The monoisotopic (exact) mass is 307 g/mol. The molecule has 6 N–H and O–H groups in total. The van der Waals surface area contributed by atoms with Gasteiger partial charge in [-0.25, -0.2) is 13.6 Å². The summed E-state index contributed by atoms with van der Waals surface area (Å²) in [6.07, 6.45) is 0.761. The number of phenols is 1. The fourth-order valence-corrected chi connectivity index (χ4v) is 2.58.